The molecule has 4 rings (SSSR count). The van der Waals surface area contributed by atoms with Crippen molar-refractivity contribution in [3.05, 3.63) is 0 Å². The fraction of sp³-hybridized carbons (Fsp3) is 1.00. The normalized spacial score (nSPS) is 34.4. The summed E-state index contributed by atoms with van der Waals surface area (Å²) in [4.78, 5) is 0. The highest BCUT2D eigenvalue weighted by Crippen LogP contribution is 2.43. The van der Waals surface area contributed by atoms with Gasteiger partial charge in [-0.05, 0) is 64.2 Å². The summed E-state index contributed by atoms with van der Waals surface area (Å²) in [5, 5.41) is 7.25. The molecule has 2 unspecified atom stereocenters. The van der Waals surface area contributed by atoms with Gasteiger partial charge in [0.15, 0.2) is 0 Å². The van der Waals surface area contributed by atoms with Crippen molar-refractivity contribution < 1.29 is 0 Å². The van der Waals surface area contributed by atoms with Crippen LogP contribution in [0.15, 0.2) is 0 Å². The van der Waals surface area contributed by atoms with E-state index in [2.05, 4.69) is 24.5 Å². The monoisotopic (exact) mass is 308 g/mol. The molecule has 2 saturated heterocycles. The summed E-state index contributed by atoms with van der Waals surface area (Å²) in [5.41, 5.74) is 1.38. The third kappa shape index (κ3) is 4.96. The molecule has 4 fully saturated rings. The Hall–Kier alpha value is -0.0800. The van der Waals surface area contributed by atoms with E-state index in [-0.39, 0.29) is 0 Å². The van der Waals surface area contributed by atoms with E-state index in [1.54, 1.807) is 0 Å². The first kappa shape index (κ1) is 18.3. The second-order valence-corrected chi connectivity index (χ2v) is 8.26. The van der Waals surface area contributed by atoms with Gasteiger partial charge in [0.25, 0.3) is 0 Å². The summed E-state index contributed by atoms with van der Waals surface area (Å²) in [6.45, 7) is 9.93. The molecule has 22 heavy (non-hydrogen) atoms. The number of hydrogen-bond acceptors (Lipinski definition) is 2. The predicted molar refractivity (Wildman–Crippen MR) is 97.4 cm³/mol. The lowest BCUT2D eigenvalue weighted by molar-refractivity contribution is 0.212. The molecular formula is C20H40N2. The molecule has 0 aromatic heterocycles. The zero-order valence-corrected chi connectivity index (χ0v) is 15.6. The first-order chi connectivity index (χ1) is 10.6. The predicted octanol–water partition coefficient (Wildman–Crippen LogP) is 5.03. The minimum atomic E-state index is 0.650. The van der Waals surface area contributed by atoms with Gasteiger partial charge in [-0.25, -0.2) is 0 Å². The zero-order chi connectivity index (χ0) is 16.1. The maximum absolute atomic E-state index is 3.67. The van der Waals surface area contributed by atoms with E-state index < -0.39 is 0 Å². The van der Waals surface area contributed by atoms with Gasteiger partial charge in [0.1, 0.15) is 0 Å². The van der Waals surface area contributed by atoms with Crippen molar-refractivity contribution in [2.24, 2.45) is 5.41 Å². The molecule has 2 N–H and O–H groups in total. The molecular weight excluding hydrogens is 268 g/mol. The van der Waals surface area contributed by atoms with Crippen molar-refractivity contribution in [3.8, 4) is 0 Å². The SMILES string of the molecule is CC.CC1CC2(CCCCC2)CN1.CC1CCCC2(CC2)N1. The standard InChI is InChI=1S/C10H19N.C8H15N.C2H6/c1-9-7-10(8-11-9)5-3-2-4-6-10;1-7-3-2-4-8(9-7)5-6-8;1-2/h9,11H,2-8H2,1H3;7,9H,2-6H2,1H3;1-2H3. The Bertz CT molecular complexity index is 310. The molecule has 4 aliphatic rings. The minimum absolute atomic E-state index is 0.650. The maximum atomic E-state index is 3.67. The van der Waals surface area contributed by atoms with E-state index in [0.29, 0.717) is 5.54 Å². The van der Waals surface area contributed by atoms with E-state index >= 15 is 0 Å². The van der Waals surface area contributed by atoms with Crippen LogP contribution in [0.5, 0.6) is 0 Å². The Morgan fingerprint density at radius 2 is 1.45 bits per heavy atom. The average Bonchev–Trinajstić information content (AvgIpc) is 3.17. The molecule has 2 nitrogen and oxygen atoms in total. The van der Waals surface area contributed by atoms with Crippen molar-refractivity contribution in [1.82, 2.24) is 10.6 Å². The molecule has 2 heterocycles. The molecule has 2 spiro atoms. The Kier molecular flexibility index (Phi) is 6.76. The molecule has 2 saturated carbocycles. The van der Waals surface area contributed by atoms with Gasteiger partial charge in [-0.1, -0.05) is 39.5 Å². The Labute approximate surface area is 139 Å². The van der Waals surface area contributed by atoms with Crippen LogP contribution in [-0.2, 0) is 0 Å². The van der Waals surface area contributed by atoms with Gasteiger partial charge in [-0.15, -0.1) is 0 Å². The van der Waals surface area contributed by atoms with Crippen LogP contribution >= 0.6 is 0 Å². The lowest BCUT2D eigenvalue weighted by atomic mass is 9.73. The second kappa shape index (κ2) is 8.15. The summed E-state index contributed by atoms with van der Waals surface area (Å²) < 4.78 is 0. The lowest BCUT2D eigenvalue weighted by Gasteiger charge is -2.32. The zero-order valence-electron chi connectivity index (χ0n) is 15.6. The number of hydrogen-bond donors (Lipinski definition) is 2. The largest absolute Gasteiger partial charge is 0.314 e. The van der Waals surface area contributed by atoms with Gasteiger partial charge in [-0.3, -0.25) is 0 Å². The average molecular weight is 309 g/mol. The van der Waals surface area contributed by atoms with Gasteiger partial charge >= 0.3 is 0 Å². The van der Waals surface area contributed by atoms with E-state index in [1.807, 2.05) is 13.8 Å². The quantitative estimate of drug-likeness (QED) is 0.656. The lowest BCUT2D eigenvalue weighted by Crippen LogP contribution is -2.42. The molecule has 0 radical (unpaired) electrons. The highest BCUT2D eigenvalue weighted by atomic mass is 15.1. The molecule has 2 aliphatic heterocycles. The first-order valence-corrected chi connectivity index (χ1v) is 10.1. The van der Waals surface area contributed by atoms with Crippen molar-refractivity contribution in [3.63, 3.8) is 0 Å². The molecule has 130 valence electrons. The number of piperidine rings is 1. The second-order valence-electron chi connectivity index (χ2n) is 8.26. The van der Waals surface area contributed by atoms with Crippen molar-refractivity contribution in [2.45, 2.75) is 116 Å². The highest BCUT2D eigenvalue weighted by molar-refractivity contribution is 5.04. The van der Waals surface area contributed by atoms with Crippen LogP contribution in [0, 0.1) is 5.41 Å². The Morgan fingerprint density at radius 3 is 1.91 bits per heavy atom. The summed E-state index contributed by atoms with van der Waals surface area (Å²) in [5.74, 6) is 0. The Balaban J connectivity index is 0.000000146. The fourth-order valence-electron chi connectivity index (χ4n) is 4.83. The van der Waals surface area contributed by atoms with Crippen LogP contribution in [-0.4, -0.2) is 24.2 Å². The van der Waals surface area contributed by atoms with Crippen molar-refractivity contribution in [2.75, 3.05) is 6.54 Å². The third-order valence-corrected chi connectivity index (χ3v) is 6.18. The van der Waals surface area contributed by atoms with Gasteiger partial charge in [0.2, 0.25) is 0 Å². The first-order valence-electron chi connectivity index (χ1n) is 10.1. The molecule has 0 bridgehead atoms. The highest BCUT2D eigenvalue weighted by Gasteiger charge is 2.44. The van der Waals surface area contributed by atoms with Gasteiger partial charge < -0.3 is 10.6 Å². The topological polar surface area (TPSA) is 24.1 Å². The van der Waals surface area contributed by atoms with Gasteiger partial charge in [0.05, 0.1) is 0 Å². The van der Waals surface area contributed by atoms with Crippen molar-refractivity contribution >= 4 is 0 Å². The van der Waals surface area contributed by atoms with Crippen LogP contribution in [0.4, 0.5) is 0 Å². The van der Waals surface area contributed by atoms with Crippen LogP contribution in [0.25, 0.3) is 0 Å². The van der Waals surface area contributed by atoms with Crippen LogP contribution < -0.4 is 10.6 Å². The molecule has 0 aromatic carbocycles. The van der Waals surface area contributed by atoms with E-state index in [1.165, 1.54) is 77.2 Å². The molecule has 2 heteroatoms. The minimum Gasteiger partial charge on any atom is -0.314 e. The van der Waals surface area contributed by atoms with Crippen LogP contribution in [0.1, 0.15) is 98.3 Å². The van der Waals surface area contributed by atoms with E-state index in [4.69, 9.17) is 0 Å². The summed E-state index contributed by atoms with van der Waals surface area (Å²) in [6, 6.07) is 1.58. The number of nitrogens with one attached hydrogen (secondary N) is 2. The maximum Gasteiger partial charge on any atom is 0.0185 e. The summed E-state index contributed by atoms with van der Waals surface area (Å²) in [6.07, 6.45) is 16.0. The molecule has 2 atom stereocenters. The molecule has 2 aliphatic carbocycles. The van der Waals surface area contributed by atoms with E-state index in [9.17, 15) is 0 Å². The fourth-order valence-corrected chi connectivity index (χ4v) is 4.83. The smallest absolute Gasteiger partial charge is 0.0185 e. The van der Waals surface area contributed by atoms with Gasteiger partial charge in [0, 0.05) is 24.2 Å². The molecule has 0 aromatic rings. The van der Waals surface area contributed by atoms with Crippen molar-refractivity contribution in [1.29, 1.82) is 0 Å². The van der Waals surface area contributed by atoms with Gasteiger partial charge in [-0.2, -0.15) is 0 Å². The Morgan fingerprint density at radius 1 is 0.773 bits per heavy atom. The summed E-state index contributed by atoms with van der Waals surface area (Å²) >= 11 is 0. The third-order valence-electron chi connectivity index (χ3n) is 6.18. The van der Waals surface area contributed by atoms with Crippen LogP contribution in [0.2, 0.25) is 0 Å². The summed E-state index contributed by atoms with van der Waals surface area (Å²) in [7, 11) is 0. The number of rotatable bonds is 0. The molecule has 0 amide bonds. The van der Waals surface area contributed by atoms with Crippen LogP contribution in [0.3, 0.4) is 0 Å². The van der Waals surface area contributed by atoms with E-state index in [0.717, 1.165) is 17.5 Å².